The largest absolute Gasteiger partial charge is 0.481 e. The first-order valence-corrected chi connectivity index (χ1v) is 6.94. The van der Waals surface area contributed by atoms with Gasteiger partial charge in [0.05, 0.1) is 12.4 Å². The molecule has 0 saturated heterocycles. The van der Waals surface area contributed by atoms with Gasteiger partial charge in [0, 0.05) is 25.0 Å². The topological polar surface area (TPSA) is 75.6 Å². The third-order valence-electron chi connectivity index (χ3n) is 2.26. The molecule has 0 radical (unpaired) electrons. The Morgan fingerprint density at radius 2 is 2.21 bits per heavy atom. The molecule has 0 heterocycles. The second-order valence-corrected chi connectivity index (χ2v) is 4.94. The van der Waals surface area contributed by atoms with E-state index in [0.717, 1.165) is 5.56 Å². The maximum absolute atomic E-state index is 11.8. The van der Waals surface area contributed by atoms with E-state index >= 15 is 0 Å². The zero-order chi connectivity index (χ0) is 14.1. The molecule has 0 fully saturated rings. The second-order valence-electron chi connectivity index (χ2n) is 3.84. The number of rotatable bonds is 8. The predicted octanol–water partition coefficient (Wildman–Crippen LogP) is 1.38. The number of ether oxygens (including phenoxy) is 1. The Bertz CT molecular complexity index is 436. The lowest BCUT2D eigenvalue weighted by molar-refractivity contribution is -0.133. The Hall–Kier alpha value is -1.53. The van der Waals surface area contributed by atoms with Gasteiger partial charge < -0.3 is 15.2 Å². The average Bonchev–Trinajstić information content (AvgIpc) is 2.38. The van der Waals surface area contributed by atoms with Crippen molar-refractivity contribution in [2.24, 2.45) is 0 Å². The summed E-state index contributed by atoms with van der Waals surface area (Å²) in [4.78, 5) is 22.1. The van der Waals surface area contributed by atoms with Crippen molar-refractivity contribution >= 4 is 23.6 Å². The summed E-state index contributed by atoms with van der Waals surface area (Å²) in [7, 11) is 1.60. The number of carbonyl (C=O) groups is 2. The zero-order valence-electron chi connectivity index (χ0n) is 10.7. The highest BCUT2D eigenvalue weighted by Gasteiger charge is 2.05. The molecule has 0 aromatic heterocycles. The van der Waals surface area contributed by atoms with Crippen LogP contribution in [-0.2, 0) is 16.1 Å². The molecule has 104 valence electrons. The molecule has 1 amide bonds. The molecule has 0 bridgehead atoms. The van der Waals surface area contributed by atoms with Crippen LogP contribution in [-0.4, -0.2) is 42.1 Å². The van der Waals surface area contributed by atoms with E-state index < -0.39 is 5.97 Å². The SMILES string of the molecule is COCc1cccc(C(=O)NCCSCC(=O)O)c1. The lowest BCUT2D eigenvalue weighted by Crippen LogP contribution is -2.26. The minimum atomic E-state index is -0.844. The molecule has 1 aromatic carbocycles. The molecule has 0 aliphatic carbocycles. The first-order chi connectivity index (χ1) is 9.13. The third-order valence-corrected chi connectivity index (χ3v) is 3.20. The smallest absolute Gasteiger partial charge is 0.313 e. The summed E-state index contributed by atoms with van der Waals surface area (Å²) in [5, 5.41) is 11.2. The summed E-state index contributed by atoms with van der Waals surface area (Å²) in [5.41, 5.74) is 1.52. The van der Waals surface area contributed by atoms with Gasteiger partial charge in [-0.3, -0.25) is 9.59 Å². The van der Waals surface area contributed by atoms with Crippen LogP contribution in [0.15, 0.2) is 24.3 Å². The monoisotopic (exact) mass is 283 g/mol. The van der Waals surface area contributed by atoms with Crippen molar-refractivity contribution in [3.05, 3.63) is 35.4 Å². The lowest BCUT2D eigenvalue weighted by atomic mass is 10.1. The normalized spacial score (nSPS) is 10.2. The van der Waals surface area contributed by atoms with Gasteiger partial charge in [0.15, 0.2) is 0 Å². The van der Waals surface area contributed by atoms with Gasteiger partial charge in [-0.15, -0.1) is 11.8 Å². The van der Waals surface area contributed by atoms with Crippen molar-refractivity contribution in [1.82, 2.24) is 5.32 Å². The second kappa shape index (κ2) is 8.55. The average molecular weight is 283 g/mol. The van der Waals surface area contributed by atoms with Crippen LogP contribution in [0.1, 0.15) is 15.9 Å². The number of hydrogen-bond donors (Lipinski definition) is 2. The summed E-state index contributed by atoms with van der Waals surface area (Å²) in [6, 6.07) is 7.22. The Kier molecular flexibility index (Phi) is 6.99. The Morgan fingerprint density at radius 3 is 2.89 bits per heavy atom. The first-order valence-electron chi connectivity index (χ1n) is 5.79. The van der Waals surface area contributed by atoms with Crippen LogP contribution in [0.25, 0.3) is 0 Å². The van der Waals surface area contributed by atoms with Gasteiger partial charge in [0.25, 0.3) is 5.91 Å². The number of carbonyl (C=O) groups excluding carboxylic acids is 1. The van der Waals surface area contributed by atoms with E-state index in [1.807, 2.05) is 12.1 Å². The molecule has 0 saturated carbocycles. The number of nitrogens with one attached hydrogen (secondary N) is 1. The molecular formula is C13H17NO4S. The van der Waals surface area contributed by atoms with Gasteiger partial charge in [0.2, 0.25) is 0 Å². The fourth-order valence-corrected chi connectivity index (χ4v) is 2.03. The fraction of sp³-hybridized carbons (Fsp3) is 0.385. The molecule has 0 aliphatic rings. The van der Waals surface area contributed by atoms with Crippen LogP contribution in [0.5, 0.6) is 0 Å². The van der Waals surface area contributed by atoms with E-state index in [-0.39, 0.29) is 11.7 Å². The van der Waals surface area contributed by atoms with E-state index in [1.165, 1.54) is 11.8 Å². The van der Waals surface area contributed by atoms with Crippen LogP contribution >= 0.6 is 11.8 Å². The van der Waals surface area contributed by atoms with E-state index in [0.29, 0.717) is 24.5 Å². The standard InChI is InChI=1S/C13H17NO4S/c1-18-8-10-3-2-4-11(7-10)13(17)14-5-6-19-9-12(15)16/h2-4,7H,5-6,8-9H2,1H3,(H,14,17)(H,15,16). The molecule has 19 heavy (non-hydrogen) atoms. The maximum atomic E-state index is 11.8. The van der Waals surface area contributed by atoms with E-state index in [1.54, 1.807) is 19.2 Å². The van der Waals surface area contributed by atoms with Gasteiger partial charge in [-0.25, -0.2) is 0 Å². The first kappa shape index (κ1) is 15.5. The summed E-state index contributed by atoms with van der Waals surface area (Å²) in [5.74, 6) is -0.368. The predicted molar refractivity (Wildman–Crippen MR) is 74.4 cm³/mol. The molecular weight excluding hydrogens is 266 g/mol. The maximum Gasteiger partial charge on any atom is 0.313 e. The van der Waals surface area contributed by atoms with Crippen molar-refractivity contribution in [2.75, 3.05) is 25.2 Å². The zero-order valence-corrected chi connectivity index (χ0v) is 11.5. The van der Waals surface area contributed by atoms with Crippen LogP contribution in [0.2, 0.25) is 0 Å². The molecule has 5 nitrogen and oxygen atoms in total. The Morgan fingerprint density at radius 1 is 1.42 bits per heavy atom. The summed E-state index contributed by atoms with van der Waals surface area (Å²) >= 11 is 1.28. The number of aliphatic carboxylic acids is 1. The molecule has 1 aromatic rings. The van der Waals surface area contributed by atoms with Gasteiger partial charge in [-0.2, -0.15) is 0 Å². The van der Waals surface area contributed by atoms with Crippen molar-refractivity contribution < 1.29 is 19.4 Å². The molecule has 0 atom stereocenters. The Labute approximate surface area is 116 Å². The number of hydrogen-bond acceptors (Lipinski definition) is 4. The molecule has 6 heteroatoms. The quantitative estimate of drug-likeness (QED) is 0.705. The highest BCUT2D eigenvalue weighted by Crippen LogP contribution is 2.06. The van der Waals surface area contributed by atoms with Crippen LogP contribution < -0.4 is 5.32 Å². The lowest BCUT2D eigenvalue weighted by Gasteiger charge is -2.06. The van der Waals surface area contributed by atoms with Crippen molar-refractivity contribution in [2.45, 2.75) is 6.61 Å². The van der Waals surface area contributed by atoms with Crippen LogP contribution in [0, 0.1) is 0 Å². The van der Waals surface area contributed by atoms with Gasteiger partial charge in [0.1, 0.15) is 0 Å². The van der Waals surface area contributed by atoms with Gasteiger partial charge >= 0.3 is 5.97 Å². The number of methoxy groups -OCH3 is 1. The van der Waals surface area contributed by atoms with Crippen LogP contribution in [0.4, 0.5) is 0 Å². The number of benzene rings is 1. The number of thioether (sulfide) groups is 1. The van der Waals surface area contributed by atoms with Gasteiger partial charge in [-0.05, 0) is 17.7 Å². The number of amides is 1. The van der Waals surface area contributed by atoms with Crippen molar-refractivity contribution in [3.63, 3.8) is 0 Å². The highest BCUT2D eigenvalue weighted by molar-refractivity contribution is 7.99. The summed E-state index contributed by atoms with van der Waals surface area (Å²) < 4.78 is 5.01. The van der Waals surface area contributed by atoms with E-state index in [9.17, 15) is 9.59 Å². The number of carboxylic acids is 1. The molecule has 0 unspecified atom stereocenters. The molecule has 1 rings (SSSR count). The summed E-state index contributed by atoms with van der Waals surface area (Å²) in [6.07, 6.45) is 0. The Balaban J connectivity index is 2.36. The minimum Gasteiger partial charge on any atom is -0.481 e. The van der Waals surface area contributed by atoms with E-state index in [4.69, 9.17) is 9.84 Å². The highest BCUT2D eigenvalue weighted by atomic mass is 32.2. The van der Waals surface area contributed by atoms with Crippen LogP contribution in [0.3, 0.4) is 0 Å². The van der Waals surface area contributed by atoms with Crippen molar-refractivity contribution in [1.29, 1.82) is 0 Å². The van der Waals surface area contributed by atoms with Gasteiger partial charge in [-0.1, -0.05) is 12.1 Å². The molecule has 2 N–H and O–H groups in total. The van der Waals surface area contributed by atoms with Crippen molar-refractivity contribution in [3.8, 4) is 0 Å². The summed E-state index contributed by atoms with van der Waals surface area (Å²) in [6.45, 7) is 0.918. The minimum absolute atomic E-state index is 0.0548. The third kappa shape index (κ3) is 6.26. The van der Waals surface area contributed by atoms with E-state index in [2.05, 4.69) is 5.32 Å². The molecule has 0 aliphatic heterocycles. The fourth-order valence-electron chi connectivity index (χ4n) is 1.47. The number of carboxylic acid groups (broad SMARTS) is 1. The molecule has 0 spiro atoms.